The van der Waals surface area contributed by atoms with E-state index in [4.69, 9.17) is 0 Å². The molecule has 3 heterocycles. The number of amidine groups is 1. The van der Waals surface area contributed by atoms with Crippen molar-refractivity contribution >= 4 is 28.9 Å². The first-order valence-corrected chi connectivity index (χ1v) is 7.31. The zero-order valence-electron chi connectivity index (χ0n) is 12.5. The van der Waals surface area contributed by atoms with E-state index in [1.54, 1.807) is 12.3 Å². The fourth-order valence-electron chi connectivity index (χ4n) is 2.56. The highest BCUT2D eigenvalue weighted by atomic mass is 16.2. The second-order valence-corrected chi connectivity index (χ2v) is 5.45. The van der Waals surface area contributed by atoms with Crippen molar-refractivity contribution < 1.29 is 4.79 Å². The van der Waals surface area contributed by atoms with Crippen LogP contribution in [0.5, 0.6) is 0 Å². The maximum Gasteiger partial charge on any atom is 0.275 e. The largest absolute Gasteiger partial charge is 0.346 e. The van der Waals surface area contributed by atoms with Gasteiger partial charge in [-0.05, 0) is 25.1 Å². The minimum Gasteiger partial charge on any atom is -0.346 e. The summed E-state index contributed by atoms with van der Waals surface area (Å²) >= 11 is 0. The summed E-state index contributed by atoms with van der Waals surface area (Å²) in [6.45, 7) is 2.02. The van der Waals surface area contributed by atoms with Crippen LogP contribution in [0, 0.1) is 6.92 Å². The Morgan fingerprint density at radius 1 is 1.13 bits per heavy atom. The van der Waals surface area contributed by atoms with E-state index in [1.165, 1.54) is 5.56 Å². The van der Waals surface area contributed by atoms with Crippen molar-refractivity contribution in [2.45, 2.75) is 6.92 Å². The van der Waals surface area contributed by atoms with Gasteiger partial charge in [-0.2, -0.15) is 0 Å². The Kier molecular flexibility index (Phi) is 3.05. The van der Waals surface area contributed by atoms with Crippen LogP contribution < -0.4 is 5.32 Å². The number of aromatic amines is 1. The number of aromatic nitrogens is 2. The summed E-state index contributed by atoms with van der Waals surface area (Å²) in [5.74, 6) is 0.387. The van der Waals surface area contributed by atoms with Gasteiger partial charge in [0.2, 0.25) is 0 Å². The molecule has 1 aromatic carbocycles. The Bertz CT molecular complexity index is 964. The summed E-state index contributed by atoms with van der Waals surface area (Å²) in [4.78, 5) is 23.9. The third kappa shape index (κ3) is 2.42. The lowest BCUT2D eigenvalue weighted by Gasteiger charge is -2.00. The predicted molar refractivity (Wildman–Crippen MR) is 89.9 cm³/mol. The van der Waals surface area contributed by atoms with Crippen molar-refractivity contribution in [3.8, 4) is 0 Å². The quantitative estimate of drug-likeness (QED) is 0.715. The minimum absolute atomic E-state index is 0.196. The highest BCUT2D eigenvalue weighted by Crippen LogP contribution is 2.21. The topological polar surface area (TPSA) is 70.1 Å². The van der Waals surface area contributed by atoms with Crippen molar-refractivity contribution in [1.82, 2.24) is 15.3 Å². The van der Waals surface area contributed by atoms with E-state index in [0.717, 1.165) is 22.2 Å². The molecule has 1 aliphatic rings. The molecule has 0 radical (unpaired) electrons. The Morgan fingerprint density at radius 2 is 1.96 bits per heavy atom. The molecule has 2 aromatic heterocycles. The molecule has 0 saturated carbocycles. The summed E-state index contributed by atoms with van der Waals surface area (Å²) in [5.41, 5.74) is 4.15. The number of rotatable bonds is 2. The Labute approximate surface area is 132 Å². The number of nitrogens with one attached hydrogen (secondary N) is 2. The molecule has 1 aliphatic heterocycles. The standard InChI is InChI=1S/C18H14N4O/c1-11-4-6-12(7-5-11)16-21-15(18(23)22-16)9-13-10-20-17-14(13)3-2-8-19-17/h2-10H,1H3,(H,19,20)(H,21,22,23)/b15-9-. The van der Waals surface area contributed by atoms with Crippen LogP contribution in [-0.4, -0.2) is 21.7 Å². The van der Waals surface area contributed by atoms with E-state index in [-0.39, 0.29) is 5.91 Å². The zero-order valence-corrected chi connectivity index (χ0v) is 12.5. The fraction of sp³-hybridized carbons (Fsp3) is 0.0556. The van der Waals surface area contributed by atoms with Crippen molar-refractivity contribution in [2.24, 2.45) is 4.99 Å². The summed E-state index contributed by atoms with van der Waals surface area (Å²) in [7, 11) is 0. The van der Waals surface area contributed by atoms with Crippen molar-refractivity contribution in [3.05, 3.63) is 71.2 Å². The van der Waals surface area contributed by atoms with Crippen LogP contribution >= 0.6 is 0 Å². The molecule has 5 nitrogen and oxygen atoms in total. The van der Waals surface area contributed by atoms with Gasteiger partial charge in [-0.3, -0.25) is 4.79 Å². The SMILES string of the molecule is Cc1ccc(C2=N/C(=C\c3c[nH]c4ncccc34)C(=O)N2)cc1. The van der Waals surface area contributed by atoms with Gasteiger partial charge < -0.3 is 10.3 Å². The van der Waals surface area contributed by atoms with Crippen LogP contribution in [0.15, 0.2) is 59.5 Å². The lowest BCUT2D eigenvalue weighted by atomic mass is 10.1. The highest BCUT2D eigenvalue weighted by molar-refractivity contribution is 6.20. The Morgan fingerprint density at radius 3 is 2.78 bits per heavy atom. The molecule has 2 N–H and O–H groups in total. The number of aliphatic imine (C=N–C) groups is 1. The fourth-order valence-corrected chi connectivity index (χ4v) is 2.56. The molecule has 0 bridgehead atoms. The number of amides is 1. The smallest absolute Gasteiger partial charge is 0.275 e. The maximum absolute atomic E-state index is 12.2. The van der Waals surface area contributed by atoms with Gasteiger partial charge in [-0.25, -0.2) is 9.98 Å². The molecule has 0 unspecified atom stereocenters. The minimum atomic E-state index is -0.196. The zero-order chi connectivity index (χ0) is 15.8. The molecule has 0 saturated heterocycles. The first kappa shape index (κ1) is 13.5. The molecule has 0 aliphatic carbocycles. The number of hydrogen-bond donors (Lipinski definition) is 2. The van der Waals surface area contributed by atoms with Crippen LogP contribution in [0.2, 0.25) is 0 Å². The van der Waals surface area contributed by atoms with Crippen molar-refractivity contribution in [3.63, 3.8) is 0 Å². The molecule has 5 heteroatoms. The normalized spacial score (nSPS) is 16.0. The van der Waals surface area contributed by atoms with Gasteiger partial charge in [0.05, 0.1) is 0 Å². The maximum atomic E-state index is 12.2. The lowest BCUT2D eigenvalue weighted by molar-refractivity contribution is -0.115. The van der Waals surface area contributed by atoms with E-state index in [9.17, 15) is 4.79 Å². The predicted octanol–water partition coefficient (Wildman–Crippen LogP) is 2.79. The Balaban J connectivity index is 1.73. The summed E-state index contributed by atoms with van der Waals surface area (Å²) in [5, 5.41) is 3.78. The molecular weight excluding hydrogens is 288 g/mol. The lowest BCUT2D eigenvalue weighted by Crippen LogP contribution is -2.24. The summed E-state index contributed by atoms with van der Waals surface area (Å²) in [6.07, 6.45) is 5.33. The third-order valence-electron chi connectivity index (χ3n) is 3.80. The average Bonchev–Trinajstić information content (AvgIpc) is 3.13. The van der Waals surface area contributed by atoms with Crippen LogP contribution in [0.25, 0.3) is 17.1 Å². The number of benzene rings is 1. The number of hydrogen-bond acceptors (Lipinski definition) is 3. The number of aryl methyl sites for hydroxylation is 1. The van der Waals surface area contributed by atoms with Crippen molar-refractivity contribution in [1.29, 1.82) is 0 Å². The first-order valence-electron chi connectivity index (χ1n) is 7.31. The van der Waals surface area contributed by atoms with Gasteiger partial charge in [0.25, 0.3) is 5.91 Å². The molecule has 0 atom stereocenters. The van der Waals surface area contributed by atoms with Crippen LogP contribution in [0.4, 0.5) is 0 Å². The summed E-state index contributed by atoms with van der Waals surface area (Å²) in [6, 6.07) is 11.7. The molecule has 1 amide bonds. The van der Waals surface area contributed by atoms with Gasteiger partial charge in [-0.15, -0.1) is 0 Å². The van der Waals surface area contributed by atoms with Crippen LogP contribution in [0.1, 0.15) is 16.7 Å². The highest BCUT2D eigenvalue weighted by Gasteiger charge is 2.21. The second-order valence-electron chi connectivity index (χ2n) is 5.45. The molecule has 0 fully saturated rings. The van der Waals surface area contributed by atoms with Gasteiger partial charge in [0, 0.05) is 28.9 Å². The van der Waals surface area contributed by atoms with Crippen molar-refractivity contribution in [2.75, 3.05) is 0 Å². The molecule has 0 spiro atoms. The van der Waals surface area contributed by atoms with E-state index in [0.29, 0.717) is 11.5 Å². The number of carbonyl (C=O) groups is 1. The third-order valence-corrected chi connectivity index (χ3v) is 3.80. The number of pyridine rings is 1. The molecule has 3 aromatic rings. The molecule has 112 valence electrons. The van der Waals surface area contributed by atoms with Crippen LogP contribution in [0.3, 0.4) is 0 Å². The van der Waals surface area contributed by atoms with Gasteiger partial charge >= 0.3 is 0 Å². The van der Waals surface area contributed by atoms with Gasteiger partial charge in [0.1, 0.15) is 17.2 Å². The van der Waals surface area contributed by atoms with E-state index >= 15 is 0 Å². The van der Waals surface area contributed by atoms with Gasteiger partial charge in [-0.1, -0.05) is 29.8 Å². The average molecular weight is 302 g/mol. The van der Waals surface area contributed by atoms with Crippen LogP contribution in [-0.2, 0) is 4.79 Å². The number of nitrogens with zero attached hydrogens (tertiary/aromatic N) is 2. The number of fused-ring (bicyclic) bond motifs is 1. The Hall–Kier alpha value is -3.21. The summed E-state index contributed by atoms with van der Waals surface area (Å²) < 4.78 is 0. The van der Waals surface area contributed by atoms with E-state index in [2.05, 4.69) is 20.3 Å². The second kappa shape index (κ2) is 5.21. The number of carbonyl (C=O) groups excluding carboxylic acids is 1. The van der Waals surface area contributed by atoms with E-state index < -0.39 is 0 Å². The monoisotopic (exact) mass is 302 g/mol. The van der Waals surface area contributed by atoms with Gasteiger partial charge in [0.15, 0.2) is 0 Å². The molecule has 4 rings (SSSR count). The van der Waals surface area contributed by atoms with E-state index in [1.807, 2.05) is 49.5 Å². The molecular formula is C18H14N4O. The first-order chi connectivity index (χ1) is 11.2. The molecule has 23 heavy (non-hydrogen) atoms. The number of H-pyrrole nitrogens is 1.